The Morgan fingerprint density at radius 3 is 2.42 bits per heavy atom. The maximum Gasteiger partial charge on any atom is 0.342 e. The largest absolute Gasteiger partial charge is 0.507 e. The molecule has 0 radical (unpaired) electrons. The normalized spacial score (nSPS) is 10.1. The van der Waals surface area contributed by atoms with Crippen LogP contribution >= 0.6 is 0 Å². The van der Waals surface area contributed by atoms with Crippen LogP contribution in [-0.4, -0.2) is 29.6 Å². The molecule has 3 amide bonds. The summed E-state index contributed by atoms with van der Waals surface area (Å²) in [6.45, 7) is 4.96. The van der Waals surface area contributed by atoms with Crippen molar-refractivity contribution in [3.05, 3.63) is 58.7 Å². The number of carbonyl (C=O) groups is 3. The van der Waals surface area contributed by atoms with Crippen molar-refractivity contribution in [1.29, 1.82) is 0 Å². The zero-order chi connectivity index (χ0) is 19.3. The Morgan fingerprint density at radius 1 is 1.00 bits per heavy atom. The lowest BCUT2D eigenvalue weighted by atomic mass is 10.1. The first-order chi connectivity index (χ1) is 12.3. The Balaban J connectivity index is 1.86. The van der Waals surface area contributed by atoms with Crippen LogP contribution in [0.4, 0.5) is 10.5 Å². The molecule has 0 aromatic heterocycles. The van der Waals surface area contributed by atoms with E-state index in [1.54, 1.807) is 25.1 Å². The van der Waals surface area contributed by atoms with Gasteiger partial charge < -0.3 is 15.2 Å². The number of nitrogens with one attached hydrogen (secondary N) is 2. The van der Waals surface area contributed by atoms with Crippen LogP contribution in [0, 0.1) is 20.8 Å². The van der Waals surface area contributed by atoms with E-state index < -0.39 is 24.5 Å². The van der Waals surface area contributed by atoms with Crippen LogP contribution in [-0.2, 0) is 9.53 Å². The maximum absolute atomic E-state index is 11.9. The highest BCUT2D eigenvalue weighted by molar-refractivity contribution is 6.02. The Hall–Kier alpha value is -3.35. The molecule has 26 heavy (non-hydrogen) atoms. The Labute approximate surface area is 151 Å². The molecule has 0 saturated heterocycles. The monoisotopic (exact) mass is 356 g/mol. The molecule has 7 heteroatoms. The van der Waals surface area contributed by atoms with Crippen LogP contribution in [0.2, 0.25) is 0 Å². The van der Waals surface area contributed by atoms with Crippen LogP contribution in [0.5, 0.6) is 5.75 Å². The fourth-order valence-corrected chi connectivity index (χ4v) is 2.17. The number of imide groups is 1. The van der Waals surface area contributed by atoms with Gasteiger partial charge in [-0.25, -0.2) is 9.59 Å². The van der Waals surface area contributed by atoms with Crippen molar-refractivity contribution in [3.8, 4) is 5.75 Å². The second kappa shape index (κ2) is 8.15. The van der Waals surface area contributed by atoms with E-state index in [9.17, 15) is 19.5 Å². The van der Waals surface area contributed by atoms with Crippen molar-refractivity contribution < 1.29 is 24.2 Å². The molecular weight excluding hydrogens is 336 g/mol. The first kappa shape index (κ1) is 19.0. The molecule has 0 fully saturated rings. The molecule has 3 N–H and O–H groups in total. The minimum absolute atomic E-state index is 0.0441. The zero-order valence-electron chi connectivity index (χ0n) is 14.8. The number of carbonyl (C=O) groups excluding carboxylic acids is 3. The molecule has 0 bridgehead atoms. The maximum atomic E-state index is 11.9. The van der Waals surface area contributed by atoms with Gasteiger partial charge in [0.1, 0.15) is 11.3 Å². The summed E-state index contributed by atoms with van der Waals surface area (Å²) in [6.07, 6.45) is 0. The predicted molar refractivity (Wildman–Crippen MR) is 96.2 cm³/mol. The SMILES string of the molecule is Cc1ccc(O)c(C(=O)OCC(=O)NC(=O)Nc2ccc(C)c(C)c2)c1. The highest BCUT2D eigenvalue weighted by Crippen LogP contribution is 2.19. The molecule has 136 valence electrons. The third kappa shape index (κ3) is 5.07. The summed E-state index contributed by atoms with van der Waals surface area (Å²) in [5.74, 6) is -1.88. The lowest BCUT2D eigenvalue weighted by molar-refractivity contribution is -0.123. The number of urea groups is 1. The zero-order valence-corrected chi connectivity index (χ0v) is 14.8. The van der Waals surface area contributed by atoms with E-state index >= 15 is 0 Å². The highest BCUT2D eigenvalue weighted by atomic mass is 16.5. The van der Waals surface area contributed by atoms with Gasteiger partial charge in [0.2, 0.25) is 0 Å². The van der Waals surface area contributed by atoms with Gasteiger partial charge in [-0.05, 0) is 56.2 Å². The number of phenols is 1. The number of hydrogen-bond acceptors (Lipinski definition) is 5. The van der Waals surface area contributed by atoms with Gasteiger partial charge in [0.15, 0.2) is 6.61 Å². The number of rotatable bonds is 4. The van der Waals surface area contributed by atoms with Gasteiger partial charge in [0, 0.05) is 5.69 Å². The van der Waals surface area contributed by atoms with Crippen molar-refractivity contribution in [1.82, 2.24) is 5.32 Å². The van der Waals surface area contributed by atoms with Crippen molar-refractivity contribution in [2.75, 3.05) is 11.9 Å². The average Bonchev–Trinajstić information content (AvgIpc) is 2.58. The molecule has 0 aliphatic heterocycles. The van der Waals surface area contributed by atoms with Gasteiger partial charge in [-0.15, -0.1) is 0 Å². The highest BCUT2D eigenvalue weighted by Gasteiger charge is 2.16. The van der Waals surface area contributed by atoms with Gasteiger partial charge >= 0.3 is 12.0 Å². The Bertz CT molecular complexity index is 861. The van der Waals surface area contributed by atoms with E-state index in [4.69, 9.17) is 4.74 Å². The molecule has 0 atom stereocenters. The lowest BCUT2D eigenvalue weighted by Gasteiger charge is -2.09. The minimum atomic E-state index is -0.851. The van der Waals surface area contributed by atoms with Gasteiger partial charge in [-0.2, -0.15) is 0 Å². The summed E-state index contributed by atoms with van der Waals surface area (Å²) in [7, 11) is 0. The number of amides is 3. The minimum Gasteiger partial charge on any atom is -0.507 e. The number of ether oxygens (including phenoxy) is 1. The second-order valence-electron chi connectivity index (χ2n) is 5.90. The predicted octanol–water partition coefficient (Wildman–Crippen LogP) is 2.82. The number of aromatic hydroxyl groups is 1. The van der Waals surface area contributed by atoms with Crippen molar-refractivity contribution >= 4 is 23.6 Å². The Morgan fingerprint density at radius 2 is 1.73 bits per heavy atom. The summed E-state index contributed by atoms with van der Waals surface area (Å²) in [6, 6.07) is 9.06. The fraction of sp³-hybridized carbons (Fsp3) is 0.211. The molecule has 0 aliphatic rings. The van der Waals surface area contributed by atoms with Gasteiger partial charge in [-0.3, -0.25) is 10.1 Å². The quantitative estimate of drug-likeness (QED) is 0.731. The van der Waals surface area contributed by atoms with Crippen molar-refractivity contribution in [3.63, 3.8) is 0 Å². The van der Waals surface area contributed by atoms with E-state index in [2.05, 4.69) is 10.6 Å². The van der Waals surface area contributed by atoms with E-state index in [1.165, 1.54) is 12.1 Å². The molecule has 2 aromatic rings. The molecule has 0 saturated carbocycles. The molecular formula is C19H20N2O5. The number of phenolic OH excluding ortho intramolecular Hbond substituents is 1. The summed E-state index contributed by atoms with van der Waals surface area (Å²) >= 11 is 0. The molecule has 0 spiro atoms. The molecule has 2 rings (SSSR count). The van der Waals surface area contributed by atoms with Gasteiger partial charge in [0.05, 0.1) is 0 Å². The molecule has 0 unspecified atom stereocenters. The smallest absolute Gasteiger partial charge is 0.342 e. The van der Waals surface area contributed by atoms with E-state index in [0.29, 0.717) is 5.69 Å². The van der Waals surface area contributed by atoms with E-state index in [1.807, 2.05) is 19.9 Å². The van der Waals surface area contributed by atoms with Crippen LogP contribution in [0.15, 0.2) is 36.4 Å². The number of aryl methyl sites for hydroxylation is 3. The average molecular weight is 356 g/mol. The lowest BCUT2D eigenvalue weighted by Crippen LogP contribution is -2.37. The van der Waals surface area contributed by atoms with Gasteiger partial charge in [-0.1, -0.05) is 17.7 Å². The van der Waals surface area contributed by atoms with Gasteiger partial charge in [0.25, 0.3) is 5.91 Å². The summed E-state index contributed by atoms with van der Waals surface area (Å²) < 4.78 is 4.82. The first-order valence-electron chi connectivity index (χ1n) is 7.91. The fourth-order valence-electron chi connectivity index (χ4n) is 2.17. The molecule has 0 aliphatic carbocycles. The molecule has 7 nitrogen and oxygen atoms in total. The third-order valence-electron chi connectivity index (χ3n) is 3.72. The van der Waals surface area contributed by atoms with Crippen LogP contribution in [0.1, 0.15) is 27.0 Å². The molecule has 2 aromatic carbocycles. The third-order valence-corrected chi connectivity index (χ3v) is 3.72. The van der Waals surface area contributed by atoms with E-state index in [0.717, 1.165) is 16.7 Å². The number of hydrogen-bond donors (Lipinski definition) is 3. The Kier molecular flexibility index (Phi) is 5.95. The van der Waals surface area contributed by atoms with E-state index in [-0.39, 0.29) is 11.3 Å². The molecule has 0 heterocycles. The number of anilines is 1. The number of esters is 1. The van der Waals surface area contributed by atoms with Crippen molar-refractivity contribution in [2.24, 2.45) is 0 Å². The first-order valence-corrected chi connectivity index (χ1v) is 7.91. The standard InChI is InChI=1S/C19H20N2O5/c1-11-4-7-16(22)15(8-11)18(24)26-10-17(23)21-19(25)20-14-6-5-12(2)13(3)9-14/h4-9,22H,10H2,1-3H3,(H2,20,21,23,25). The van der Waals surface area contributed by atoms with Crippen LogP contribution in [0.25, 0.3) is 0 Å². The van der Waals surface area contributed by atoms with Crippen LogP contribution < -0.4 is 10.6 Å². The summed E-state index contributed by atoms with van der Waals surface area (Å²) in [4.78, 5) is 35.5. The summed E-state index contributed by atoms with van der Waals surface area (Å²) in [5.41, 5.74) is 3.34. The topological polar surface area (TPSA) is 105 Å². The summed E-state index contributed by atoms with van der Waals surface area (Å²) in [5, 5.41) is 14.2. The number of benzene rings is 2. The van der Waals surface area contributed by atoms with Crippen LogP contribution in [0.3, 0.4) is 0 Å². The van der Waals surface area contributed by atoms with Crippen molar-refractivity contribution in [2.45, 2.75) is 20.8 Å². The second-order valence-corrected chi connectivity index (χ2v) is 5.90.